The van der Waals surface area contributed by atoms with Gasteiger partial charge in [0.2, 0.25) is 12.7 Å². The molecule has 0 fully saturated rings. The lowest BCUT2D eigenvalue weighted by Gasteiger charge is -2.09. The molecule has 0 aliphatic carbocycles. The normalized spacial score (nSPS) is 12.8. The van der Waals surface area contributed by atoms with Crippen LogP contribution >= 0.6 is 11.6 Å². The lowest BCUT2D eigenvalue weighted by atomic mass is 10.1. The highest BCUT2D eigenvalue weighted by Crippen LogP contribution is 2.33. The van der Waals surface area contributed by atoms with Gasteiger partial charge in [-0.25, -0.2) is 4.68 Å². The van der Waals surface area contributed by atoms with Gasteiger partial charge in [0.1, 0.15) is 0 Å². The van der Waals surface area contributed by atoms with Gasteiger partial charge in [0, 0.05) is 5.02 Å². The molecular formula is C20H15ClF3N3O3. The zero-order valence-corrected chi connectivity index (χ0v) is 16.1. The monoisotopic (exact) mass is 437 g/mol. The molecule has 0 saturated heterocycles. The summed E-state index contributed by atoms with van der Waals surface area (Å²) in [5.74, 6) is 0.799. The summed E-state index contributed by atoms with van der Waals surface area (Å²) in [6.07, 6.45) is -4.57. The summed E-state index contributed by atoms with van der Waals surface area (Å²) in [7, 11) is 0. The molecular weight excluding hydrogens is 423 g/mol. The standard InChI is InChI=1S/C20H15ClF3N3O3/c21-13-2-4-14(5-3-13)27-15(9-18(26-27)20(22,23)24)10-25-19(28)8-12-1-6-16-17(7-12)30-11-29-16/h1-7,9H,8,10-11H2,(H,25,28). The van der Waals surface area contributed by atoms with Crippen LogP contribution in [0.5, 0.6) is 11.5 Å². The van der Waals surface area contributed by atoms with E-state index < -0.39 is 11.9 Å². The molecule has 156 valence electrons. The fourth-order valence-corrected chi connectivity index (χ4v) is 3.10. The highest BCUT2D eigenvalue weighted by atomic mass is 35.5. The minimum Gasteiger partial charge on any atom is -0.454 e. The molecule has 1 aromatic heterocycles. The smallest absolute Gasteiger partial charge is 0.435 e. The second-order valence-electron chi connectivity index (χ2n) is 6.55. The van der Waals surface area contributed by atoms with E-state index in [-0.39, 0.29) is 31.4 Å². The molecule has 4 rings (SSSR count). The number of aromatic nitrogens is 2. The van der Waals surface area contributed by atoms with Gasteiger partial charge < -0.3 is 14.8 Å². The summed E-state index contributed by atoms with van der Waals surface area (Å²) in [5.41, 5.74) is 0.231. The summed E-state index contributed by atoms with van der Waals surface area (Å²) in [6, 6.07) is 12.2. The Morgan fingerprint density at radius 2 is 1.83 bits per heavy atom. The molecule has 1 aliphatic rings. The van der Waals surface area contributed by atoms with Crippen LogP contribution in [0.3, 0.4) is 0 Å². The maximum absolute atomic E-state index is 13.2. The molecule has 0 bridgehead atoms. The van der Waals surface area contributed by atoms with E-state index in [1.807, 2.05) is 0 Å². The molecule has 1 amide bonds. The number of amides is 1. The van der Waals surface area contributed by atoms with Gasteiger partial charge >= 0.3 is 6.18 Å². The first kappa shape index (κ1) is 20.1. The summed E-state index contributed by atoms with van der Waals surface area (Å²) < 4.78 is 51.1. The number of nitrogens with one attached hydrogen (secondary N) is 1. The molecule has 0 saturated carbocycles. The maximum atomic E-state index is 13.2. The molecule has 2 aromatic carbocycles. The van der Waals surface area contributed by atoms with Crippen LogP contribution in [-0.2, 0) is 23.9 Å². The van der Waals surface area contributed by atoms with Crippen molar-refractivity contribution in [3.8, 4) is 17.2 Å². The Morgan fingerprint density at radius 1 is 1.10 bits per heavy atom. The van der Waals surface area contributed by atoms with Gasteiger partial charge in [0.25, 0.3) is 0 Å². The van der Waals surface area contributed by atoms with Gasteiger partial charge in [-0.1, -0.05) is 17.7 Å². The van der Waals surface area contributed by atoms with Crippen LogP contribution in [0, 0.1) is 0 Å². The van der Waals surface area contributed by atoms with E-state index in [9.17, 15) is 18.0 Å². The third-order valence-electron chi connectivity index (χ3n) is 4.41. The first-order valence-corrected chi connectivity index (χ1v) is 9.25. The van der Waals surface area contributed by atoms with Crippen molar-refractivity contribution in [3.05, 3.63) is 70.5 Å². The minimum atomic E-state index is -4.61. The second kappa shape index (κ2) is 7.91. The van der Waals surface area contributed by atoms with E-state index in [2.05, 4.69) is 10.4 Å². The van der Waals surface area contributed by atoms with Crippen LogP contribution < -0.4 is 14.8 Å². The SMILES string of the molecule is O=C(Cc1ccc2c(c1)OCO2)NCc1cc(C(F)(F)F)nn1-c1ccc(Cl)cc1. The molecule has 0 unspecified atom stereocenters. The summed E-state index contributed by atoms with van der Waals surface area (Å²) in [4.78, 5) is 12.3. The van der Waals surface area contributed by atoms with Crippen molar-refractivity contribution in [2.75, 3.05) is 6.79 Å². The predicted molar refractivity (Wildman–Crippen MR) is 102 cm³/mol. The average Bonchev–Trinajstić information content (AvgIpc) is 3.33. The number of nitrogens with zero attached hydrogens (tertiary/aromatic N) is 2. The predicted octanol–water partition coefficient (Wildman–Crippen LogP) is 4.13. The van der Waals surface area contributed by atoms with E-state index in [0.29, 0.717) is 27.8 Å². The lowest BCUT2D eigenvalue weighted by molar-refractivity contribution is -0.141. The molecule has 0 radical (unpaired) electrons. The van der Waals surface area contributed by atoms with Crippen molar-refractivity contribution < 1.29 is 27.4 Å². The Bertz CT molecular complexity index is 1080. The van der Waals surface area contributed by atoms with Gasteiger partial charge in [-0.15, -0.1) is 0 Å². The summed E-state index contributed by atoms with van der Waals surface area (Å²) in [5, 5.41) is 6.73. The number of fused-ring (bicyclic) bond motifs is 1. The third kappa shape index (κ3) is 4.35. The van der Waals surface area contributed by atoms with Crippen LogP contribution in [0.2, 0.25) is 5.02 Å². The van der Waals surface area contributed by atoms with E-state index in [1.165, 1.54) is 0 Å². The molecule has 10 heteroatoms. The van der Waals surface area contributed by atoms with E-state index in [0.717, 1.165) is 10.7 Å². The number of alkyl halides is 3. The van der Waals surface area contributed by atoms with Crippen LogP contribution in [0.1, 0.15) is 17.0 Å². The number of ether oxygens (including phenoxy) is 2. The van der Waals surface area contributed by atoms with Crippen LogP contribution in [-0.4, -0.2) is 22.5 Å². The van der Waals surface area contributed by atoms with E-state index in [4.69, 9.17) is 21.1 Å². The topological polar surface area (TPSA) is 65.4 Å². The zero-order chi connectivity index (χ0) is 21.3. The quantitative estimate of drug-likeness (QED) is 0.651. The molecule has 2 heterocycles. The second-order valence-corrected chi connectivity index (χ2v) is 6.98. The fourth-order valence-electron chi connectivity index (χ4n) is 2.98. The maximum Gasteiger partial charge on any atom is 0.435 e. The molecule has 3 aromatic rings. The van der Waals surface area contributed by atoms with Crippen molar-refractivity contribution in [2.24, 2.45) is 0 Å². The fraction of sp³-hybridized carbons (Fsp3) is 0.200. The Balaban J connectivity index is 1.50. The number of carbonyl (C=O) groups excluding carboxylic acids is 1. The van der Waals surface area contributed by atoms with Crippen LogP contribution in [0.15, 0.2) is 48.5 Å². The average molecular weight is 438 g/mol. The lowest BCUT2D eigenvalue weighted by Crippen LogP contribution is -2.25. The van der Waals surface area contributed by atoms with Gasteiger partial charge in [-0.05, 0) is 48.0 Å². The van der Waals surface area contributed by atoms with Crippen molar-refractivity contribution in [1.82, 2.24) is 15.1 Å². The third-order valence-corrected chi connectivity index (χ3v) is 4.67. The number of hydrogen-bond acceptors (Lipinski definition) is 4. The van der Waals surface area contributed by atoms with Gasteiger partial charge in [0.05, 0.1) is 24.3 Å². The Labute approximate surface area is 174 Å². The number of carbonyl (C=O) groups is 1. The number of hydrogen-bond donors (Lipinski definition) is 1. The van der Waals surface area contributed by atoms with Gasteiger partial charge in [-0.2, -0.15) is 18.3 Å². The molecule has 30 heavy (non-hydrogen) atoms. The van der Waals surface area contributed by atoms with Crippen molar-refractivity contribution in [3.63, 3.8) is 0 Å². The molecule has 1 N–H and O–H groups in total. The van der Waals surface area contributed by atoms with E-state index >= 15 is 0 Å². The number of halogens is 4. The highest BCUT2D eigenvalue weighted by molar-refractivity contribution is 6.30. The molecule has 0 spiro atoms. The highest BCUT2D eigenvalue weighted by Gasteiger charge is 2.35. The van der Waals surface area contributed by atoms with Crippen LogP contribution in [0.25, 0.3) is 5.69 Å². The molecule has 0 atom stereocenters. The minimum absolute atomic E-state index is 0.0395. The Kier molecular flexibility index (Phi) is 5.29. The van der Waals surface area contributed by atoms with Crippen molar-refractivity contribution in [2.45, 2.75) is 19.1 Å². The van der Waals surface area contributed by atoms with E-state index in [1.54, 1.807) is 42.5 Å². The van der Waals surface area contributed by atoms with Gasteiger partial charge in [-0.3, -0.25) is 4.79 Å². The Morgan fingerprint density at radius 3 is 2.57 bits per heavy atom. The summed E-state index contributed by atoms with van der Waals surface area (Å²) in [6.45, 7) is -0.00367. The first-order valence-electron chi connectivity index (χ1n) is 8.87. The Hall–Kier alpha value is -3.20. The van der Waals surface area contributed by atoms with Crippen molar-refractivity contribution in [1.29, 1.82) is 0 Å². The van der Waals surface area contributed by atoms with Crippen molar-refractivity contribution >= 4 is 17.5 Å². The van der Waals surface area contributed by atoms with Gasteiger partial charge in [0.15, 0.2) is 17.2 Å². The zero-order valence-electron chi connectivity index (χ0n) is 15.4. The van der Waals surface area contributed by atoms with Crippen LogP contribution in [0.4, 0.5) is 13.2 Å². The molecule has 1 aliphatic heterocycles. The number of benzene rings is 2. The number of rotatable bonds is 5. The largest absolute Gasteiger partial charge is 0.454 e. The summed E-state index contributed by atoms with van der Waals surface area (Å²) >= 11 is 5.85. The molecule has 6 nitrogen and oxygen atoms in total. The first-order chi connectivity index (χ1) is 14.3.